The third-order valence-corrected chi connectivity index (χ3v) is 3.27. The van der Waals surface area contributed by atoms with Crippen molar-refractivity contribution in [3.05, 3.63) is 0 Å². The predicted octanol–water partition coefficient (Wildman–Crippen LogP) is 0.675. The number of esters is 1. The van der Waals surface area contributed by atoms with Crippen molar-refractivity contribution in [2.75, 3.05) is 40.5 Å². The maximum atomic E-state index is 11.6. The first-order valence-corrected chi connectivity index (χ1v) is 5.95. The lowest BCUT2D eigenvalue weighted by atomic mass is 10.0. The Morgan fingerprint density at radius 2 is 2.18 bits per heavy atom. The van der Waals surface area contributed by atoms with E-state index in [1.165, 1.54) is 7.11 Å². The van der Waals surface area contributed by atoms with E-state index in [4.69, 9.17) is 14.2 Å². The van der Waals surface area contributed by atoms with E-state index in [1.54, 1.807) is 7.11 Å². The van der Waals surface area contributed by atoms with E-state index >= 15 is 0 Å². The van der Waals surface area contributed by atoms with Crippen LogP contribution in [-0.4, -0.2) is 63.0 Å². The third-order valence-electron chi connectivity index (χ3n) is 3.27. The topological polar surface area (TPSA) is 48.0 Å². The highest BCUT2D eigenvalue weighted by Crippen LogP contribution is 2.16. The van der Waals surface area contributed by atoms with Crippen LogP contribution in [0.5, 0.6) is 0 Å². The third kappa shape index (κ3) is 4.26. The van der Waals surface area contributed by atoms with Gasteiger partial charge in [0.05, 0.1) is 25.9 Å². The molecule has 1 aliphatic rings. The van der Waals surface area contributed by atoms with Crippen molar-refractivity contribution in [2.24, 2.45) is 0 Å². The molecule has 0 N–H and O–H groups in total. The van der Waals surface area contributed by atoms with Crippen molar-refractivity contribution >= 4 is 5.97 Å². The van der Waals surface area contributed by atoms with Crippen molar-refractivity contribution in [2.45, 2.75) is 31.9 Å². The summed E-state index contributed by atoms with van der Waals surface area (Å²) >= 11 is 0. The van der Waals surface area contributed by atoms with Gasteiger partial charge in [0.25, 0.3) is 0 Å². The average Bonchev–Trinajstić information content (AvgIpc) is 2.36. The number of nitrogens with zero attached hydrogens (tertiary/aromatic N) is 1. The Morgan fingerprint density at radius 1 is 1.47 bits per heavy atom. The van der Waals surface area contributed by atoms with Crippen molar-refractivity contribution in [1.82, 2.24) is 4.90 Å². The smallest absolute Gasteiger partial charge is 0.325 e. The quantitative estimate of drug-likeness (QED) is 0.666. The lowest BCUT2D eigenvalue weighted by Crippen LogP contribution is -2.51. The molecule has 1 heterocycles. The zero-order valence-corrected chi connectivity index (χ0v) is 11.2. The van der Waals surface area contributed by atoms with Crippen molar-refractivity contribution in [3.8, 4) is 0 Å². The molecule has 0 aromatic heterocycles. The van der Waals surface area contributed by atoms with Gasteiger partial charge in [-0.3, -0.25) is 9.69 Å². The predicted molar refractivity (Wildman–Crippen MR) is 63.9 cm³/mol. The lowest BCUT2D eigenvalue weighted by molar-refractivity contribution is -0.153. The van der Waals surface area contributed by atoms with E-state index in [-0.39, 0.29) is 17.6 Å². The number of hydrogen-bond donors (Lipinski definition) is 0. The minimum atomic E-state index is -0.276. The summed E-state index contributed by atoms with van der Waals surface area (Å²) in [6.07, 6.45) is 0.872. The van der Waals surface area contributed by atoms with Gasteiger partial charge in [0.1, 0.15) is 6.04 Å². The largest absolute Gasteiger partial charge is 0.468 e. The summed E-state index contributed by atoms with van der Waals surface area (Å²) < 4.78 is 15.5. The fourth-order valence-electron chi connectivity index (χ4n) is 1.77. The summed E-state index contributed by atoms with van der Waals surface area (Å²) in [6.45, 7) is 6.74. The second-order valence-corrected chi connectivity index (χ2v) is 4.86. The Kier molecular flexibility index (Phi) is 5.36. The van der Waals surface area contributed by atoms with E-state index in [2.05, 4.69) is 4.90 Å². The Bertz CT molecular complexity index is 255. The molecular weight excluding hydrogens is 222 g/mol. The minimum Gasteiger partial charge on any atom is -0.468 e. The van der Waals surface area contributed by atoms with Gasteiger partial charge in [-0.1, -0.05) is 0 Å². The molecule has 0 aliphatic carbocycles. The van der Waals surface area contributed by atoms with Crippen LogP contribution in [0.25, 0.3) is 0 Å². The van der Waals surface area contributed by atoms with Crippen LogP contribution in [0.4, 0.5) is 0 Å². The van der Waals surface area contributed by atoms with Crippen LogP contribution < -0.4 is 0 Å². The monoisotopic (exact) mass is 245 g/mol. The number of hydrogen-bond acceptors (Lipinski definition) is 5. The molecule has 1 rings (SSSR count). The molecule has 0 saturated carbocycles. The van der Waals surface area contributed by atoms with Gasteiger partial charge in [0.15, 0.2) is 0 Å². The van der Waals surface area contributed by atoms with Gasteiger partial charge in [-0.25, -0.2) is 0 Å². The number of carbonyl (C=O) groups excluding carboxylic acids is 1. The second kappa shape index (κ2) is 6.33. The number of ether oxygens (including phenoxy) is 3. The lowest BCUT2D eigenvalue weighted by Gasteiger charge is -2.35. The standard InChI is InChI=1S/C12H23NO4/c1-12(2,16-4)5-6-13-7-8-17-9-10(13)11(14)15-3/h10H,5-9H2,1-4H3. The average molecular weight is 245 g/mol. The van der Waals surface area contributed by atoms with Gasteiger partial charge in [0, 0.05) is 20.2 Å². The zero-order chi connectivity index (χ0) is 12.9. The van der Waals surface area contributed by atoms with Gasteiger partial charge in [0.2, 0.25) is 0 Å². The zero-order valence-electron chi connectivity index (χ0n) is 11.2. The Labute approximate surface area is 103 Å². The molecule has 0 amide bonds. The molecule has 0 spiro atoms. The van der Waals surface area contributed by atoms with Gasteiger partial charge >= 0.3 is 5.97 Å². The molecule has 0 aromatic rings. The highest BCUT2D eigenvalue weighted by molar-refractivity contribution is 5.75. The summed E-state index contributed by atoms with van der Waals surface area (Å²) in [5.41, 5.74) is -0.168. The van der Waals surface area contributed by atoms with Crippen LogP contribution in [0.15, 0.2) is 0 Å². The van der Waals surface area contributed by atoms with E-state index in [0.29, 0.717) is 13.2 Å². The molecule has 0 radical (unpaired) electrons. The molecule has 0 aromatic carbocycles. The van der Waals surface area contributed by atoms with Crippen molar-refractivity contribution < 1.29 is 19.0 Å². The minimum absolute atomic E-state index is 0.168. The molecule has 5 nitrogen and oxygen atoms in total. The van der Waals surface area contributed by atoms with Crippen molar-refractivity contribution in [1.29, 1.82) is 0 Å². The normalized spacial score (nSPS) is 22.5. The Balaban J connectivity index is 2.51. The van der Waals surface area contributed by atoms with Gasteiger partial charge in [-0.05, 0) is 20.3 Å². The summed E-state index contributed by atoms with van der Waals surface area (Å²) in [5, 5.41) is 0. The van der Waals surface area contributed by atoms with Crippen LogP contribution in [0.2, 0.25) is 0 Å². The number of carbonyl (C=O) groups is 1. The van der Waals surface area contributed by atoms with Crippen LogP contribution >= 0.6 is 0 Å². The maximum absolute atomic E-state index is 11.6. The molecule has 1 atom stereocenters. The summed E-state index contributed by atoms with van der Waals surface area (Å²) in [5.74, 6) is -0.222. The van der Waals surface area contributed by atoms with Gasteiger partial charge < -0.3 is 14.2 Å². The van der Waals surface area contributed by atoms with Crippen LogP contribution in [0, 0.1) is 0 Å². The Morgan fingerprint density at radius 3 is 2.76 bits per heavy atom. The highest BCUT2D eigenvalue weighted by atomic mass is 16.5. The first-order chi connectivity index (χ1) is 8.00. The second-order valence-electron chi connectivity index (χ2n) is 4.86. The van der Waals surface area contributed by atoms with Gasteiger partial charge in [-0.15, -0.1) is 0 Å². The van der Waals surface area contributed by atoms with E-state index in [9.17, 15) is 4.79 Å². The first kappa shape index (κ1) is 14.4. The fourth-order valence-corrected chi connectivity index (χ4v) is 1.77. The maximum Gasteiger partial charge on any atom is 0.325 e. The molecule has 1 unspecified atom stereocenters. The molecule has 100 valence electrons. The van der Waals surface area contributed by atoms with E-state index < -0.39 is 0 Å². The fraction of sp³-hybridized carbons (Fsp3) is 0.917. The molecular formula is C12H23NO4. The summed E-state index contributed by atoms with van der Waals surface area (Å²) in [6, 6.07) is -0.276. The van der Waals surface area contributed by atoms with E-state index in [0.717, 1.165) is 19.5 Å². The SMILES string of the molecule is COC(=O)C1COCCN1CCC(C)(C)OC. The van der Waals surface area contributed by atoms with Crippen LogP contribution in [-0.2, 0) is 19.0 Å². The van der Waals surface area contributed by atoms with Crippen molar-refractivity contribution in [3.63, 3.8) is 0 Å². The van der Waals surface area contributed by atoms with Crippen LogP contribution in [0.3, 0.4) is 0 Å². The number of methoxy groups -OCH3 is 2. The molecule has 1 saturated heterocycles. The molecule has 5 heteroatoms. The number of rotatable bonds is 5. The first-order valence-electron chi connectivity index (χ1n) is 5.95. The Hall–Kier alpha value is -0.650. The van der Waals surface area contributed by atoms with E-state index in [1.807, 2.05) is 13.8 Å². The number of morpholine rings is 1. The molecule has 17 heavy (non-hydrogen) atoms. The highest BCUT2D eigenvalue weighted by Gasteiger charge is 2.31. The molecule has 1 aliphatic heterocycles. The van der Waals surface area contributed by atoms with Crippen LogP contribution in [0.1, 0.15) is 20.3 Å². The summed E-state index contributed by atoms with van der Waals surface area (Å²) in [4.78, 5) is 13.7. The molecule has 0 bridgehead atoms. The molecule has 1 fully saturated rings. The summed E-state index contributed by atoms with van der Waals surface area (Å²) in [7, 11) is 3.12. The van der Waals surface area contributed by atoms with Gasteiger partial charge in [-0.2, -0.15) is 0 Å².